The molecule has 0 bridgehead atoms. The first-order valence-corrected chi connectivity index (χ1v) is 8.78. The zero-order valence-electron chi connectivity index (χ0n) is 12.0. The summed E-state index contributed by atoms with van der Waals surface area (Å²) in [4.78, 5) is 10.8. The molecule has 0 unspecified atom stereocenters. The molecule has 1 heterocycles. The summed E-state index contributed by atoms with van der Waals surface area (Å²) in [6.07, 6.45) is 0. The highest BCUT2D eigenvalue weighted by atomic mass is 32.2. The minimum atomic E-state index is -3.85. The summed E-state index contributed by atoms with van der Waals surface area (Å²) in [7, 11) is -3.85. The number of carbonyl (C=O) groups is 1. The zero-order chi connectivity index (χ0) is 16.3. The summed E-state index contributed by atoms with van der Waals surface area (Å²) in [6.45, 7) is 4.08. The van der Waals surface area contributed by atoms with Gasteiger partial charge >= 0.3 is 5.97 Å². The molecule has 22 heavy (non-hydrogen) atoms. The Kier molecular flexibility index (Phi) is 4.72. The Bertz CT molecular complexity index is 795. The molecule has 1 aromatic heterocycles. The Morgan fingerprint density at radius 2 is 2.09 bits per heavy atom. The zero-order valence-corrected chi connectivity index (χ0v) is 13.6. The van der Waals surface area contributed by atoms with Crippen LogP contribution in [0.4, 0.5) is 5.69 Å². The lowest BCUT2D eigenvalue weighted by Crippen LogP contribution is -2.13. The predicted octanol–water partition coefficient (Wildman–Crippen LogP) is 2.95. The van der Waals surface area contributed by atoms with Gasteiger partial charge in [-0.15, -0.1) is 11.3 Å². The first-order valence-electron chi connectivity index (χ1n) is 6.41. The third-order valence-corrected chi connectivity index (χ3v) is 5.57. The second-order valence-corrected chi connectivity index (χ2v) is 7.32. The molecule has 0 fully saturated rings. The molecule has 1 aromatic carbocycles. The number of nitrogens with one attached hydrogen (secondary N) is 1. The lowest BCUT2D eigenvalue weighted by Gasteiger charge is -2.12. The number of anilines is 1. The topological polar surface area (TPSA) is 92.7 Å². The minimum absolute atomic E-state index is 0.0562. The van der Waals surface area contributed by atoms with Crippen molar-refractivity contribution in [1.82, 2.24) is 0 Å². The average Bonchev–Trinajstić information content (AvgIpc) is 2.93. The number of hydrogen-bond acceptors (Lipinski definition) is 5. The number of aryl methyl sites for hydroxylation is 1. The minimum Gasteiger partial charge on any atom is -0.492 e. The van der Waals surface area contributed by atoms with E-state index in [9.17, 15) is 13.2 Å². The highest BCUT2D eigenvalue weighted by molar-refractivity contribution is 7.94. The fourth-order valence-electron chi connectivity index (χ4n) is 1.75. The number of benzene rings is 1. The number of sulfonamides is 1. The average molecular weight is 341 g/mol. The highest BCUT2D eigenvalue weighted by Crippen LogP contribution is 2.30. The molecule has 0 aliphatic carbocycles. The van der Waals surface area contributed by atoms with Gasteiger partial charge in [0, 0.05) is 5.38 Å². The summed E-state index contributed by atoms with van der Waals surface area (Å²) in [6, 6.07) is 6.24. The van der Waals surface area contributed by atoms with Crippen LogP contribution >= 0.6 is 11.3 Å². The van der Waals surface area contributed by atoms with Crippen LogP contribution in [-0.4, -0.2) is 26.1 Å². The van der Waals surface area contributed by atoms with Crippen LogP contribution in [0.1, 0.15) is 22.8 Å². The number of rotatable bonds is 6. The van der Waals surface area contributed by atoms with Crippen molar-refractivity contribution in [2.75, 3.05) is 11.3 Å². The van der Waals surface area contributed by atoms with Gasteiger partial charge in [0.05, 0.1) is 17.9 Å². The molecule has 0 atom stereocenters. The van der Waals surface area contributed by atoms with E-state index in [1.807, 2.05) is 6.92 Å². The third-order valence-electron chi connectivity index (χ3n) is 2.77. The van der Waals surface area contributed by atoms with Gasteiger partial charge in [0.15, 0.2) is 0 Å². The molecule has 0 radical (unpaired) electrons. The first kappa shape index (κ1) is 16.3. The van der Waals surface area contributed by atoms with Crippen LogP contribution in [0.2, 0.25) is 0 Å². The molecule has 118 valence electrons. The molecular weight excluding hydrogens is 326 g/mol. The number of carboxylic acids is 1. The lowest BCUT2D eigenvalue weighted by atomic mass is 10.2. The van der Waals surface area contributed by atoms with E-state index < -0.39 is 16.0 Å². The normalized spacial score (nSPS) is 11.2. The van der Waals surface area contributed by atoms with Gasteiger partial charge < -0.3 is 9.84 Å². The lowest BCUT2D eigenvalue weighted by molar-refractivity contribution is 0.0697. The molecule has 0 spiro atoms. The molecule has 0 amide bonds. The molecule has 6 nitrogen and oxygen atoms in total. The van der Waals surface area contributed by atoms with Crippen LogP contribution in [0, 0.1) is 6.92 Å². The van der Waals surface area contributed by atoms with Crippen molar-refractivity contribution in [3.05, 3.63) is 40.8 Å². The van der Waals surface area contributed by atoms with Crippen LogP contribution in [-0.2, 0) is 10.0 Å². The highest BCUT2D eigenvalue weighted by Gasteiger charge is 2.20. The molecule has 2 rings (SSSR count). The first-order chi connectivity index (χ1) is 10.3. The van der Waals surface area contributed by atoms with Crippen molar-refractivity contribution >= 4 is 33.0 Å². The third kappa shape index (κ3) is 3.58. The van der Waals surface area contributed by atoms with Gasteiger partial charge in [0.1, 0.15) is 9.96 Å². The van der Waals surface area contributed by atoms with E-state index in [4.69, 9.17) is 9.84 Å². The van der Waals surface area contributed by atoms with Crippen molar-refractivity contribution in [2.45, 2.75) is 18.1 Å². The summed E-state index contributed by atoms with van der Waals surface area (Å²) in [5, 5.41) is 10.2. The van der Waals surface area contributed by atoms with Crippen LogP contribution in [0.25, 0.3) is 0 Å². The van der Waals surface area contributed by atoms with Gasteiger partial charge in [-0.1, -0.05) is 6.07 Å². The number of hydrogen-bond donors (Lipinski definition) is 2. The standard InChI is InChI=1S/C14H15NO5S2/c1-3-20-12-6-9(2)4-5-11(12)15-22(18,19)13-7-10(8-21-13)14(16)17/h4-8,15H,3H2,1-2H3,(H,16,17). The Hall–Kier alpha value is -2.06. The largest absolute Gasteiger partial charge is 0.492 e. The van der Waals surface area contributed by atoms with Gasteiger partial charge in [-0.2, -0.15) is 0 Å². The Balaban J connectivity index is 2.34. The molecule has 2 aromatic rings. The van der Waals surface area contributed by atoms with Gasteiger partial charge in [-0.05, 0) is 37.6 Å². The van der Waals surface area contributed by atoms with Crippen LogP contribution in [0.3, 0.4) is 0 Å². The van der Waals surface area contributed by atoms with Crippen molar-refractivity contribution in [3.8, 4) is 5.75 Å². The maximum absolute atomic E-state index is 12.3. The maximum Gasteiger partial charge on any atom is 0.336 e. The maximum atomic E-state index is 12.3. The van der Waals surface area contributed by atoms with E-state index in [1.54, 1.807) is 25.1 Å². The smallest absolute Gasteiger partial charge is 0.336 e. The molecule has 2 N–H and O–H groups in total. The molecule has 0 aliphatic rings. The fraction of sp³-hybridized carbons (Fsp3) is 0.214. The van der Waals surface area contributed by atoms with Gasteiger partial charge in [-0.3, -0.25) is 4.72 Å². The second kappa shape index (κ2) is 6.37. The van der Waals surface area contributed by atoms with E-state index >= 15 is 0 Å². The van der Waals surface area contributed by atoms with E-state index in [1.165, 1.54) is 5.38 Å². The quantitative estimate of drug-likeness (QED) is 0.842. The Morgan fingerprint density at radius 1 is 1.36 bits per heavy atom. The van der Waals surface area contributed by atoms with Crippen LogP contribution in [0.5, 0.6) is 5.75 Å². The molecule has 0 aliphatic heterocycles. The SMILES string of the molecule is CCOc1cc(C)ccc1NS(=O)(=O)c1cc(C(=O)O)cs1. The Morgan fingerprint density at radius 3 is 2.68 bits per heavy atom. The van der Waals surface area contributed by atoms with Gasteiger partial charge in [-0.25, -0.2) is 13.2 Å². The summed E-state index contributed by atoms with van der Waals surface area (Å²) < 4.78 is 32.5. The molecule has 8 heteroatoms. The number of thiophene rings is 1. The molecule has 0 saturated carbocycles. The predicted molar refractivity (Wildman–Crippen MR) is 84.4 cm³/mol. The van der Waals surface area contributed by atoms with E-state index in [0.717, 1.165) is 23.0 Å². The van der Waals surface area contributed by atoms with Gasteiger partial charge in [0.2, 0.25) is 0 Å². The van der Waals surface area contributed by atoms with Gasteiger partial charge in [0.25, 0.3) is 10.0 Å². The van der Waals surface area contributed by atoms with E-state index in [-0.39, 0.29) is 9.77 Å². The summed E-state index contributed by atoms with van der Waals surface area (Å²) in [5.41, 5.74) is 1.20. The van der Waals surface area contributed by atoms with Crippen LogP contribution < -0.4 is 9.46 Å². The van der Waals surface area contributed by atoms with Crippen molar-refractivity contribution in [1.29, 1.82) is 0 Å². The Labute approximate surface area is 132 Å². The molecular formula is C14H15NO5S2. The summed E-state index contributed by atoms with van der Waals surface area (Å²) in [5.74, 6) is -0.732. The van der Waals surface area contributed by atoms with E-state index in [2.05, 4.69) is 4.72 Å². The van der Waals surface area contributed by atoms with Crippen molar-refractivity contribution in [3.63, 3.8) is 0 Å². The fourth-order valence-corrected chi connectivity index (χ4v) is 3.98. The number of carboxylic acid groups (broad SMARTS) is 1. The van der Waals surface area contributed by atoms with Crippen LogP contribution in [0.15, 0.2) is 33.9 Å². The second-order valence-electron chi connectivity index (χ2n) is 4.50. The number of ether oxygens (including phenoxy) is 1. The number of aromatic carboxylic acids is 1. The monoisotopic (exact) mass is 341 g/mol. The van der Waals surface area contributed by atoms with Crippen molar-refractivity contribution in [2.24, 2.45) is 0 Å². The van der Waals surface area contributed by atoms with Crippen molar-refractivity contribution < 1.29 is 23.1 Å². The molecule has 0 saturated heterocycles. The van der Waals surface area contributed by atoms with E-state index in [0.29, 0.717) is 18.0 Å². The summed E-state index contributed by atoms with van der Waals surface area (Å²) >= 11 is 0.854.